The first-order valence-electron chi connectivity index (χ1n) is 4.40. The lowest BCUT2D eigenvalue weighted by Crippen LogP contribution is -2.39. The molecule has 0 rings (SSSR count). The standard InChI is InChI=1S/C4H10NO.2C2H5.Al/c1-4(2,5)3-6;2*1-2;/h3,5H2,1-2H3;2*1H2,2H3;/q-1;;;+1. The van der Waals surface area contributed by atoms with Crippen LogP contribution in [0.25, 0.3) is 0 Å². The van der Waals surface area contributed by atoms with Crippen LogP contribution in [0.5, 0.6) is 0 Å². The van der Waals surface area contributed by atoms with Gasteiger partial charge in [0.25, 0.3) is 0 Å². The van der Waals surface area contributed by atoms with Gasteiger partial charge in [-0.15, -0.1) is 0 Å². The maximum absolute atomic E-state index is 5.79. The number of hydrogen-bond donors (Lipinski definition) is 1. The highest BCUT2D eigenvalue weighted by atomic mass is 27.2. The van der Waals surface area contributed by atoms with Crippen LogP contribution in [0.4, 0.5) is 0 Å². The van der Waals surface area contributed by atoms with Crippen molar-refractivity contribution in [3.63, 3.8) is 0 Å². The monoisotopic (exact) mass is 173 g/mol. The molecule has 0 aliphatic carbocycles. The fourth-order valence-corrected chi connectivity index (χ4v) is 2.57. The molecule has 0 atom stereocenters. The first-order chi connectivity index (χ1) is 4.99. The molecule has 2 N–H and O–H groups in total. The average molecular weight is 173 g/mol. The number of nitrogens with two attached hydrogens (primary N) is 1. The first-order valence-corrected chi connectivity index (χ1v) is 6.50. The van der Waals surface area contributed by atoms with E-state index in [-0.39, 0.29) is 5.54 Å². The average Bonchev–Trinajstić information content (AvgIpc) is 1.88. The minimum absolute atomic E-state index is 0.157. The van der Waals surface area contributed by atoms with Crippen LogP contribution in [0.2, 0.25) is 10.6 Å². The lowest BCUT2D eigenvalue weighted by atomic mass is 10.1. The molecule has 66 valence electrons. The van der Waals surface area contributed by atoms with E-state index >= 15 is 0 Å². The summed E-state index contributed by atoms with van der Waals surface area (Å²) in [5, 5.41) is 2.43. The Morgan fingerprint density at radius 2 is 1.73 bits per heavy atom. The molecule has 3 heteroatoms. The van der Waals surface area contributed by atoms with Crippen molar-refractivity contribution in [2.45, 2.75) is 43.8 Å². The zero-order valence-electron chi connectivity index (χ0n) is 8.18. The lowest BCUT2D eigenvalue weighted by Gasteiger charge is -2.21. The van der Waals surface area contributed by atoms with E-state index in [0.717, 1.165) is 0 Å². The molecule has 0 spiro atoms. The van der Waals surface area contributed by atoms with Crippen LogP contribution in [0.15, 0.2) is 0 Å². The second-order valence-electron chi connectivity index (χ2n) is 3.74. The van der Waals surface area contributed by atoms with Crippen molar-refractivity contribution in [1.82, 2.24) is 0 Å². The van der Waals surface area contributed by atoms with Crippen LogP contribution in [-0.2, 0) is 3.79 Å². The Bertz CT molecular complexity index is 96.8. The third-order valence-corrected chi connectivity index (χ3v) is 4.06. The third-order valence-electron chi connectivity index (χ3n) is 1.60. The van der Waals surface area contributed by atoms with Gasteiger partial charge >= 0.3 is 14.5 Å². The van der Waals surface area contributed by atoms with Gasteiger partial charge in [0.2, 0.25) is 0 Å². The van der Waals surface area contributed by atoms with Gasteiger partial charge in [-0.2, -0.15) is 0 Å². The van der Waals surface area contributed by atoms with Gasteiger partial charge in [0.1, 0.15) is 0 Å². The minimum atomic E-state index is -0.872. The molecule has 2 nitrogen and oxygen atoms in total. The van der Waals surface area contributed by atoms with E-state index in [4.69, 9.17) is 9.52 Å². The largest absolute Gasteiger partial charge is 0.499 e. The van der Waals surface area contributed by atoms with Crippen molar-refractivity contribution in [3.8, 4) is 0 Å². The highest BCUT2D eigenvalue weighted by Gasteiger charge is 2.18. The van der Waals surface area contributed by atoms with Gasteiger partial charge in [0, 0.05) is 12.1 Å². The fraction of sp³-hybridized carbons (Fsp3) is 1.00. The van der Waals surface area contributed by atoms with Crippen molar-refractivity contribution in [3.05, 3.63) is 0 Å². The molecule has 0 radical (unpaired) electrons. The zero-order chi connectivity index (χ0) is 8.91. The summed E-state index contributed by atoms with van der Waals surface area (Å²) in [6.07, 6.45) is 0. The quantitative estimate of drug-likeness (QED) is 0.643. The predicted octanol–water partition coefficient (Wildman–Crippen LogP) is 1.77. The molecular weight excluding hydrogens is 153 g/mol. The Morgan fingerprint density at radius 1 is 1.27 bits per heavy atom. The molecule has 0 fully saturated rings. The normalized spacial score (nSPS) is 11.7. The van der Waals surface area contributed by atoms with Crippen molar-refractivity contribution in [1.29, 1.82) is 0 Å². The lowest BCUT2D eigenvalue weighted by molar-refractivity contribution is 0.243. The minimum Gasteiger partial charge on any atom is -0.499 e. The molecule has 0 saturated heterocycles. The van der Waals surface area contributed by atoms with Crippen LogP contribution in [0.1, 0.15) is 27.7 Å². The third kappa shape index (κ3) is 6.84. The number of hydrogen-bond acceptors (Lipinski definition) is 2. The van der Waals surface area contributed by atoms with Crippen molar-refractivity contribution in [2.75, 3.05) is 6.61 Å². The Kier molecular flexibility index (Phi) is 5.37. The SMILES string of the molecule is C[CH2][Al]([CH2]C)[O]CC(C)(C)N. The maximum Gasteiger partial charge on any atom is 0.460 e. The van der Waals surface area contributed by atoms with Crippen LogP contribution in [0.3, 0.4) is 0 Å². The van der Waals surface area contributed by atoms with Crippen LogP contribution < -0.4 is 5.73 Å². The molecule has 0 aromatic rings. The van der Waals surface area contributed by atoms with Gasteiger partial charge in [-0.05, 0) is 13.8 Å². The second-order valence-corrected chi connectivity index (χ2v) is 6.95. The van der Waals surface area contributed by atoms with Gasteiger partial charge in [-0.3, -0.25) is 0 Å². The van der Waals surface area contributed by atoms with E-state index in [1.807, 2.05) is 13.8 Å². The molecule has 11 heavy (non-hydrogen) atoms. The summed E-state index contributed by atoms with van der Waals surface area (Å²) >= 11 is -0.872. The van der Waals surface area contributed by atoms with E-state index in [2.05, 4.69) is 13.8 Å². The van der Waals surface area contributed by atoms with Gasteiger partial charge in [-0.1, -0.05) is 24.4 Å². The Hall–Kier alpha value is 0.452. The van der Waals surface area contributed by atoms with Crippen LogP contribution in [-0.4, -0.2) is 26.6 Å². The number of rotatable bonds is 5. The van der Waals surface area contributed by atoms with E-state index in [0.29, 0.717) is 6.61 Å². The predicted molar refractivity (Wildman–Crippen MR) is 50.9 cm³/mol. The molecule has 0 aromatic heterocycles. The van der Waals surface area contributed by atoms with E-state index < -0.39 is 14.5 Å². The molecule has 0 bridgehead atoms. The molecular formula is C8H20AlNO. The summed E-state index contributed by atoms with van der Waals surface area (Å²) in [6.45, 7) is 9.12. The molecule has 0 unspecified atom stereocenters. The summed E-state index contributed by atoms with van der Waals surface area (Å²) in [7, 11) is 0. The summed E-state index contributed by atoms with van der Waals surface area (Å²) in [5.41, 5.74) is 5.63. The molecule has 0 aliphatic rings. The van der Waals surface area contributed by atoms with E-state index in [1.165, 1.54) is 10.6 Å². The van der Waals surface area contributed by atoms with Crippen molar-refractivity contribution >= 4 is 14.5 Å². The van der Waals surface area contributed by atoms with Crippen molar-refractivity contribution in [2.24, 2.45) is 5.73 Å². The maximum atomic E-state index is 5.79. The zero-order valence-corrected chi connectivity index (χ0v) is 9.34. The van der Waals surface area contributed by atoms with Crippen molar-refractivity contribution < 1.29 is 3.79 Å². The smallest absolute Gasteiger partial charge is 0.460 e. The highest BCUT2D eigenvalue weighted by molar-refractivity contribution is 6.51. The molecule has 0 amide bonds. The fourth-order valence-electron chi connectivity index (χ4n) is 0.857. The highest BCUT2D eigenvalue weighted by Crippen LogP contribution is 2.04. The van der Waals surface area contributed by atoms with Gasteiger partial charge < -0.3 is 9.52 Å². The molecule has 0 heterocycles. The Balaban J connectivity index is 3.51. The van der Waals surface area contributed by atoms with Gasteiger partial charge in [0.15, 0.2) is 0 Å². The Labute approximate surface area is 74.8 Å². The molecule has 0 aromatic carbocycles. The summed E-state index contributed by atoms with van der Waals surface area (Å²) in [5.74, 6) is 0. The molecule has 0 aliphatic heterocycles. The van der Waals surface area contributed by atoms with Crippen LogP contribution >= 0.6 is 0 Å². The van der Waals surface area contributed by atoms with E-state index in [9.17, 15) is 0 Å². The summed E-state index contributed by atoms with van der Waals surface area (Å²) in [4.78, 5) is 0. The Morgan fingerprint density at radius 3 is 2.00 bits per heavy atom. The topological polar surface area (TPSA) is 35.2 Å². The van der Waals surface area contributed by atoms with Gasteiger partial charge in [-0.25, -0.2) is 0 Å². The molecule has 0 saturated carbocycles. The first kappa shape index (κ1) is 11.5. The van der Waals surface area contributed by atoms with E-state index in [1.54, 1.807) is 0 Å². The second kappa shape index (κ2) is 5.16. The summed E-state index contributed by atoms with van der Waals surface area (Å²) < 4.78 is 5.72. The van der Waals surface area contributed by atoms with Crippen LogP contribution in [0, 0.1) is 0 Å². The van der Waals surface area contributed by atoms with Gasteiger partial charge in [0.05, 0.1) is 0 Å². The summed E-state index contributed by atoms with van der Waals surface area (Å²) in [6, 6.07) is 0.